The van der Waals surface area contributed by atoms with Crippen molar-refractivity contribution in [2.45, 2.75) is 58.9 Å². The number of halogens is 24. The fourth-order valence-electron chi connectivity index (χ4n) is 10.8. The van der Waals surface area contributed by atoms with E-state index < -0.39 is 31.2 Å². The third kappa shape index (κ3) is 41.4. The summed E-state index contributed by atoms with van der Waals surface area (Å²) in [7, 11) is -42.6. The van der Waals surface area contributed by atoms with Crippen LogP contribution in [0.3, 0.4) is 0 Å². The van der Waals surface area contributed by atoms with Gasteiger partial charge in [-0.2, -0.15) is 0 Å². The van der Waals surface area contributed by atoms with Gasteiger partial charge in [0.05, 0.1) is 87.8 Å². The van der Waals surface area contributed by atoms with Gasteiger partial charge in [-0.15, -0.1) is 0 Å². The van der Waals surface area contributed by atoms with Gasteiger partial charge < -0.3 is 47.0 Å². The van der Waals surface area contributed by atoms with E-state index in [0.717, 1.165) is 61.5 Å². The van der Waals surface area contributed by atoms with E-state index in [2.05, 4.69) is 199 Å². The van der Waals surface area contributed by atoms with Crippen LogP contribution in [0.4, 0.5) is 101 Å². The minimum atomic E-state index is -10.7. The Bertz CT molecular complexity index is 4450. The number of pyridine rings is 4. The summed E-state index contributed by atoms with van der Waals surface area (Å²) in [6.07, 6.45) is 26.3. The van der Waals surface area contributed by atoms with E-state index in [1.165, 1.54) is 72.6 Å². The summed E-state index contributed by atoms with van der Waals surface area (Å²) >= 11 is 7.48. The van der Waals surface area contributed by atoms with E-state index >= 15 is 0 Å². The smallest absolute Gasteiger partial charge is 0.173 e. The predicted octanol–water partition coefficient (Wildman–Crippen LogP) is 25.4. The molecule has 0 aliphatic carbocycles. The molecular weight excluding hydrogens is 1780 g/mol. The molecule has 6 aromatic heterocycles. The molecule has 0 saturated heterocycles. The Balaban J connectivity index is 0.000000205. The molecule has 46 heteroatoms. The van der Waals surface area contributed by atoms with Crippen LogP contribution < -0.4 is 27.7 Å². The molecule has 0 spiro atoms. The molecule has 24 bridgehead atoms. The third-order valence-electron chi connectivity index (χ3n) is 15.6. The molecule has 14 nitrogen and oxygen atoms in total. The molecule has 118 heavy (non-hydrogen) atoms. The van der Waals surface area contributed by atoms with Crippen LogP contribution in [0.15, 0.2) is 236 Å². The van der Waals surface area contributed by atoms with Crippen LogP contribution >= 0.6 is 78.3 Å². The van der Waals surface area contributed by atoms with Crippen molar-refractivity contribution in [1.82, 2.24) is 9.13 Å². The van der Waals surface area contributed by atoms with E-state index in [1.807, 2.05) is 83.4 Å². The fraction of sp³-hybridized carbons (Fsp3) is 0.278. The average Bonchev–Trinajstić information content (AvgIpc) is 1.63. The number of ether oxygens (including phenoxy) is 8. The van der Waals surface area contributed by atoms with Crippen LogP contribution in [-0.2, 0) is 67.7 Å². The number of hydrogen-bond acceptors (Lipinski definition) is 12. The van der Waals surface area contributed by atoms with Crippen molar-refractivity contribution in [3.05, 3.63) is 239 Å². The summed E-state index contributed by atoms with van der Waals surface area (Å²) in [6.45, 7) is 12.4. The van der Waals surface area contributed by atoms with E-state index in [0.29, 0.717) is 92.5 Å². The van der Waals surface area contributed by atoms with Gasteiger partial charge in [0.15, 0.2) is 75.8 Å². The molecule has 0 atom stereocenters. The van der Waals surface area contributed by atoms with Crippen molar-refractivity contribution in [1.29, 1.82) is 0 Å². The van der Waals surface area contributed by atoms with Gasteiger partial charge in [-0.3, -0.25) is 0 Å². The summed E-state index contributed by atoms with van der Waals surface area (Å²) in [6, 6.07) is 47.5. The predicted molar refractivity (Wildman–Crippen MR) is 407 cm³/mol. The van der Waals surface area contributed by atoms with Crippen LogP contribution in [0.2, 0.25) is 0 Å². The first-order valence-corrected chi connectivity index (χ1v) is 46.2. The van der Waals surface area contributed by atoms with E-state index in [1.54, 1.807) is 0 Å². The number of nitrogens with zero attached hydrogens (tertiary/aromatic N) is 6. The summed E-state index contributed by atoms with van der Waals surface area (Å²) in [5.41, 5.74) is 10.1. The molecule has 0 amide bonds. The van der Waals surface area contributed by atoms with Gasteiger partial charge in [0.1, 0.15) is 24.7 Å². The van der Waals surface area contributed by atoms with Gasteiger partial charge in [0.25, 0.3) is 0 Å². The van der Waals surface area contributed by atoms with Gasteiger partial charge in [0, 0.05) is 139 Å². The first kappa shape index (κ1) is 94.7. The van der Waals surface area contributed by atoms with Crippen LogP contribution in [0.1, 0.15) is 22.3 Å². The topological polar surface area (TPSA) is 99.2 Å². The van der Waals surface area contributed by atoms with Crippen molar-refractivity contribution in [3.8, 4) is 33.8 Å². The molecule has 0 saturated carbocycles. The standard InChI is InChI=1S/C36H32N4.C36H42N2O8S4.4F6P/c1-2-30-4-3-29(1)25-37-17-9-33(10-18-37)35-13-21-39(22-14-35)27-31-5-7-32(8-6-31)28-40-23-15-36(16-24-40)34-11-19-38(26-30)20-12-34;1-3-27-28-4-2-6-30(27)46-22-20-44-18-16-42-14-12-40-10-8-38-25-33-34(26-38)50-36(49-33)35-47-31-23-37(24-32(31)48-35)7-9-39-11-13-41-15-17-43-19-21-45-29(28)5-1;4*1-7(2,3,4,5)6/h1-24H,25-28H2;1-6,23-26H,7-22H2;;;;/q+4;;4*-1. The van der Waals surface area contributed by atoms with Crippen molar-refractivity contribution >= 4 is 89.1 Å². The molecule has 652 valence electrons. The first-order valence-electron chi connectivity index (χ1n) is 34.8. The second-order valence-electron chi connectivity index (χ2n) is 25.9. The zero-order valence-electron chi connectivity index (χ0n) is 61.2. The quantitative estimate of drug-likeness (QED) is 0.0821. The van der Waals surface area contributed by atoms with Gasteiger partial charge >= 0.3 is 132 Å². The zero-order chi connectivity index (χ0) is 86.2. The molecule has 28 heterocycles. The van der Waals surface area contributed by atoms with Gasteiger partial charge in [-0.25, -0.2) is 18.3 Å². The Labute approximate surface area is 675 Å². The van der Waals surface area contributed by atoms with Crippen molar-refractivity contribution in [2.75, 3.05) is 92.5 Å². The monoisotopic (exact) mass is 1860 g/mol. The minimum Gasteiger partial charge on any atom is -0.491 e. The minimum absolute atomic E-state index is 0.445. The molecule has 22 aliphatic heterocycles. The van der Waals surface area contributed by atoms with Crippen LogP contribution in [0.5, 0.6) is 11.5 Å². The van der Waals surface area contributed by atoms with Crippen LogP contribution in [0, 0.1) is 0 Å². The molecule has 0 N–H and O–H groups in total. The van der Waals surface area contributed by atoms with Gasteiger partial charge in [-0.1, -0.05) is 120 Å². The zero-order valence-corrected chi connectivity index (χ0v) is 68.1. The van der Waals surface area contributed by atoms with E-state index in [4.69, 9.17) is 37.9 Å². The molecule has 10 aromatic rings. The van der Waals surface area contributed by atoms with Gasteiger partial charge in [0.2, 0.25) is 0 Å². The van der Waals surface area contributed by atoms with Crippen molar-refractivity contribution < 1.29 is 157 Å². The summed E-state index contributed by atoms with van der Waals surface area (Å²) < 4.78 is 299. The Kier molecular flexibility index (Phi) is 28.7. The second-order valence-corrected chi connectivity index (χ2v) is 38.3. The molecule has 0 unspecified atom stereocenters. The van der Waals surface area contributed by atoms with Crippen LogP contribution in [0.25, 0.3) is 33.0 Å². The molecule has 0 fully saturated rings. The molecule has 32 rings (SSSR count). The second kappa shape index (κ2) is 35.7. The molecule has 4 aromatic carbocycles. The first-order chi connectivity index (χ1) is 54.3. The average molecular weight is 1860 g/mol. The SMILES string of the molecule is F[P-](F)(F)(F)(F)F.F[P-](F)(F)(F)(F)F.F[P-](F)(F)(F)(F)F.F[P-](F)(F)(F)(F)F.c1cc2c3cccc(c3c1)OCCOCCOCCOCCn1cc3c(c1)SC(=C1Sc4cn(cc4S1)CCOCCOCCOCCO2)S3.c1cc2ccc1C[n+]1ccc(cc1)-c1cc[n+](cc1)Cc1ccc(cc1)C[n+]1ccc(cc1)-c1cc[n+](cc1)C2. The number of rotatable bonds is 0. The Hall–Kier alpha value is -7.16. The fourth-order valence-corrected chi connectivity index (χ4v) is 16.2. The number of thioether (sulfide) groups is 4. The number of benzene rings is 4. The summed E-state index contributed by atoms with van der Waals surface area (Å²) in [4.78, 5) is 5.27. The van der Waals surface area contributed by atoms with E-state index in [-0.39, 0.29) is 0 Å². The van der Waals surface area contributed by atoms with Crippen molar-refractivity contribution in [2.24, 2.45) is 0 Å². The normalized spacial score (nSPS) is 18.1. The largest absolute Gasteiger partial charge is 0.491 e. The molecular formula is C72H74F24N6O8P4S4. The number of hydrogen-bond donors (Lipinski definition) is 0. The Morgan fingerprint density at radius 3 is 0.653 bits per heavy atom. The van der Waals surface area contributed by atoms with Crippen molar-refractivity contribution in [3.63, 3.8) is 0 Å². The Morgan fingerprint density at radius 2 is 0.441 bits per heavy atom. The summed E-state index contributed by atoms with van der Waals surface area (Å²) in [5, 5.41) is 2.00. The van der Waals surface area contributed by atoms with Crippen LogP contribution in [-0.4, -0.2) is 102 Å². The summed E-state index contributed by atoms with van der Waals surface area (Å²) in [5.74, 6) is 1.60. The molecule has 0 radical (unpaired) electrons. The number of aromatic nitrogens is 6. The maximum atomic E-state index is 9.87. The Morgan fingerprint density at radius 1 is 0.246 bits per heavy atom. The maximum absolute atomic E-state index is 10.7. The maximum Gasteiger partial charge on any atom is 0.173 e. The molecule has 22 aliphatic rings. The van der Waals surface area contributed by atoms with E-state index in [9.17, 15) is 101 Å². The van der Waals surface area contributed by atoms with Gasteiger partial charge in [-0.05, 0) is 34.4 Å². The third-order valence-corrected chi connectivity index (χ3v) is 21.1.